The van der Waals surface area contributed by atoms with Crippen molar-refractivity contribution in [3.63, 3.8) is 0 Å². The highest BCUT2D eigenvalue weighted by Gasteiger charge is 2.33. The summed E-state index contributed by atoms with van der Waals surface area (Å²) < 4.78 is 48.1. The van der Waals surface area contributed by atoms with E-state index in [0.717, 1.165) is 12.1 Å². The first-order chi connectivity index (χ1) is 10.8. The van der Waals surface area contributed by atoms with Gasteiger partial charge in [0.25, 0.3) is 5.91 Å². The van der Waals surface area contributed by atoms with Gasteiger partial charge in [-0.15, -0.1) is 0 Å². The number of pyridine rings is 1. The summed E-state index contributed by atoms with van der Waals surface area (Å²) in [6.07, 6.45) is -4.54. The summed E-state index contributed by atoms with van der Waals surface area (Å²) >= 11 is 0. The lowest BCUT2D eigenvalue weighted by molar-refractivity contribution is -0.141. The van der Waals surface area contributed by atoms with Gasteiger partial charge in [0.05, 0.1) is 11.3 Å². The van der Waals surface area contributed by atoms with E-state index in [2.05, 4.69) is 10.3 Å². The van der Waals surface area contributed by atoms with Gasteiger partial charge in [-0.1, -0.05) is 0 Å². The number of anilines is 1. The number of hydrogen-bond acceptors (Lipinski definition) is 4. The van der Waals surface area contributed by atoms with Crippen LogP contribution in [0, 0.1) is 6.92 Å². The van der Waals surface area contributed by atoms with E-state index in [4.69, 9.17) is 9.47 Å². The third-order valence-electron chi connectivity index (χ3n) is 3.25. The quantitative estimate of drug-likeness (QED) is 0.920. The molecule has 2 heterocycles. The second kappa shape index (κ2) is 5.45. The molecule has 0 saturated heterocycles. The van der Waals surface area contributed by atoms with Gasteiger partial charge in [-0.25, -0.2) is 4.98 Å². The van der Waals surface area contributed by atoms with Crippen LogP contribution in [0.15, 0.2) is 30.3 Å². The summed E-state index contributed by atoms with van der Waals surface area (Å²) in [5.74, 6) is 0.503. The van der Waals surface area contributed by atoms with Crippen LogP contribution in [-0.2, 0) is 6.18 Å². The van der Waals surface area contributed by atoms with Crippen LogP contribution in [0.5, 0.6) is 11.5 Å². The Morgan fingerprint density at radius 2 is 1.91 bits per heavy atom. The van der Waals surface area contributed by atoms with E-state index < -0.39 is 17.8 Å². The van der Waals surface area contributed by atoms with E-state index >= 15 is 0 Å². The molecule has 0 atom stereocenters. The van der Waals surface area contributed by atoms with Gasteiger partial charge < -0.3 is 14.8 Å². The van der Waals surface area contributed by atoms with Crippen LogP contribution in [0.4, 0.5) is 18.9 Å². The van der Waals surface area contributed by atoms with Crippen molar-refractivity contribution < 1.29 is 27.4 Å². The van der Waals surface area contributed by atoms with Crippen molar-refractivity contribution in [2.24, 2.45) is 0 Å². The van der Waals surface area contributed by atoms with Gasteiger partial charge in [-0.05, 0) is 31.2 Å². The van der Waals surface area contributed by atoms with Gasteiger partial charge in [0.15, 0.2) is 11.5 Å². The van der Waals surface area contributed by atoms with Crippen molar-refractivity contribution in [1.82, 2.24) is 4.98 Å². The van der Waals surface area contributed by atoms with E-state index in [9.17, 15) is 18.0 Å². The van der Waals surface area contributed by atoms with E-state index in [-0.39, 0.29) is 18.1 Å². The first kappa shape index (κ1) is 15.1. The number of benzene rings is 1. The molecule has 2 aromatic rings. The zero-order valence-electron chi connectivity index (χ0n) is 11.9. The number of alkyl halides is 3. The van der Waals surface area contributed by atoms with Crippen LogP contribution in [0.25, 0.3) is 0 Å². The number of nitrogens with one attached hydrogen (secondary N) is 1. The number of amides is 1. The number of rotatable bonds is 2. The number of aryl methyl sites for hydroxylation is 1. The van der Waals surface area contributed by atoms with Gasteiger partial charge in [-0.2, -0.15) is 13.2 Å². The maximum absolute atomic E-state index is 12.6. The Labute approximate surface area is 129 Å². The normalized spacial score (nSPS) is 13.0. The number of halogens is 3. The van der Waals surface area contributed by atoms with Gasteiger partial charge in [-0.3, -0.25) is 4.79 Å². The summed E-state index contributed by atoms with van der Waals surface area (Å²) in [4.78, 5) is 15.6. The predicted molar refractivity (Wildman–Crippen MR) is 74.5 cm³/mol. The molecule has 5 nitrogen and oxygen atoms in total. The monoisotopic (exact) mass is 324 g/mol. The fourth-order valence-electron chi connectivity index (χ4n) is 2.13. The molecule has 1 aromatic carbocycles. The summed E-state index contributed by atoms with van der Waals surface area (Å²) in [6, 6.07) is 6.70. The van der Waals surface area contributed by atoms with E-state index in [1.165, 1.54) is 6.92 Å². The average Bonchev–Trinajstić information content (AvgIpc) is 2.93. The highest BCUT2D eigenvalue weighted by atomic mass is 19.4. The Morgan fingerprint density at radius 3 is 2.61 bits per heavy atom. The zero-order chi connectivity index (χ0) is 16.6. The first-order valence-corrected chi connectivity index (χ1v) is 6.60. The molecule has 120 valence electrons. The van der Waals surface area contributed by atoms with Crippen molar-refractivity contribution in [1.29, 1.82) is 0 Å². The van der Waals surface area contributed by atoms with Crippen molar-refractivity contribution in [2.75, 3.05) is 12.1 Å². The smallest absolute Gasteiger partial charge is 0.433 e. The summed E-state index contributed by atoms with van der Waals surface area (Å²) in [5.41, 5.74) is -0.526. The van der Waals surface area contributed by atoms with Gasteiger partial charge in [0.2, 0.25) is 6.79 Å². The van der Waals surface area contributed by atoms with Crippen LogP contribution in [0.2, 0.25) is 0 Å². The molecule has 1 aromatic heterocycles. The first-order valence-electron chi connectivity index (χ1n) is 6.60. The Bertz CT molecular complexity index is 775. The summed E-state index contributed by atoms with van der Waals surface area (Å²) in [5, 5.41) is 2.59. The van der Waals surface area contributed by atoms with Gasteiger partial charge in [0.1, 0.15) is 5.69 Å². The molecular formula is C15H11F3N2O3. The fraction of sp³-hybridized carbons (Fsp3) is 0.200. The molecule has 23 heavy (non-hydrogen) atoms. The average molecular weight is 324 g/mol. The molecule has 3 rings (SSSR count). The molecule has 0 saturated carbocycles. The molecule has 0 radical (unpaired) electrons. The van der Waals surface area contributed by atoms with Crippen LogP contribution in [0.1, 0.15) is 21.7 Å². The standard InChI is InChI=1S/C15H11F3N2O3/c1-8-10(3-5-13(19-8)15(16,17)18)14(21)20-9-2-4-11-12(6-9)23-7-22-11/h2-6H,7H2,1H3,(H,20,21). The Balaban J connectivity index is 1.81. The number of hydrogen-bond donors (Lipinski definition) is 1. The molecule has 0 fully saturated rings. The topological polar surface area (TPSA) is 60.5 Å². The number of carbonyl (C=O) groups excluding carboxylic acids is 1. The minimum Gasteiger partial charge on any atom is -0.454 e. The molecule has 1 N–H and O–H groups in total. The Kier molecular flexibility index (Phi) is 3.59. The molecule has 0 unspecified atom stereocenters. The van der Waals surface area contributed by atoms with Crippen LogP contribution >= 0.6 is 0 Å². The lowest BCUT2D eigenvalue weighted by atomic mass is 10.1. The maximum atomic E-state index is 12.6. The second-order valence-electron chi connectivity index (χ2n) is 4.85. The Hall–Kier alpha value is -2.77. The van der Waals surface area contributed by atoms with Crippen LogP contribution in [-0.4, -0.2) is 17.7 Å². The third kappa shape index (κ3) is 3.05. The molecule has 0 aliphatic carbocycles. The number of ether oxygens (including phenoxy) is 2. The molecule has 0 bridgehead atoms. The maximum Gasteiger partial charge on any atom is 0.433 e. The van der Waals surface area contributed by atoms with Gasteiger partial charge >= 0.3 is 6.18 Å². The number of nitrogens with zero attached hydrogens (tertiary/aromatic N) is 1. The lowest BCUT2D eigenvalue weighted by Gasteiger charge is -2.10. The third-order valence-corrected chi connectivity index (χ3v) is 3.25. The number of carbonyl (C=O) groups is 1. The van der Waals surface area contributed by atoms with E-state index in [0.29, 0.717) is 17.2 Å². The van der Waals surface area contributed by atoms with E-state index in [1.54, 1.807) is 18.2 Å². The SMILES string of the molecule is Cc1nc(C(F)(F)F)ccc1C(=O)Nc1ccc2c(c1)OCO2. The van der Waals surface area contributed by atoms with Crippen molar-refractivity contribution in [2.45, 2.75) is 13.1 Å². The Morgan fingerprint density at radius 1 is 1.17 bits per heavy atom. The minimum absolute atomic E-state index is 0.00179. The van der Waals surface area contributed by atoms with Crippen LogP contribution < -0.4 is 14.8 Å². The molecule has 1 aliphatic heterocycles. The van der Waals surface area contributed by atoms with Crippen molar-refractivity contribution in [3.05, 3.63) is 47.3 Å². The van der Waals surface area contributed by atoms with Crippen molar-refractivity contribution in [3.8, 4) is 11.5 Å². The molecule has 1 amide bonds. The molecule has 8 heteroatoms. The summed E-state index contributed by atoms with van der Waals surface area (Å²) in [6.45, 7) is 1.46. The van der Waals surface area contributed by atoms with Crippen molar-refractivity contribution >= 4 is 11.6 Å². The zero-order valence-corrected chi connectivity index (χ0v) is 11.9. The fourth-order valence-corrected chi connectivity index (χ4v) is 2.13. The van der Waals surface area contributed by atoms with E-state index in [1.807, 2.05) is 0 Å². The minimum atomic E-state index is -4.54. The largest absolute Gasteiger partial charge is 0.454 e. The molecule has 0 spiro atoms. The molecule has 1 aliphatic rings. The summed E-state index contributed by atoms with van der Waals surface area (Å²) in [7, 11) is 0. The highest BCUT2D eigenvalue weighted by Crippen LogP contribution is 2.34. The number of fused-ring (bicyclic) bond motifs is 1. The lowest BCUT2D eigenvalue weighted by Crippen LogP contribution is -2.16. The number of aromatic nitrogens is 1. The highest BCUT2D eigenvalue weighted by molar-refractivity contribution is 6.05. The molecular weight excluding hydrogens is 313 g/mol. The second-order valence-corrected chi connectivity index (χ2v) is 4.85. The predicted octanol–water partition coefficient (Wildman–Crippen LogP) is 3.39. The van der Waals surface area contributed by atoms with Gasteiger partial charge in [0, 0.05) is 11.8 Å². The van der Waals surface area contributed by atoms with Crippen LogP contribution in [0.3, 0.4) is 0 Å².